The maximum Gasteiger partial charge on any atom is 0.355 e. The highest BCUT2D eigenvalue weighted by Crippen LogP contribution is 2.43. The van der Waals surface area contributed by atoms with E-state index in [1.807, 2.05) is 13.8 Å². The summed E-state index contributed by atoms with van der Waals surface area (Å²) in [6.45, 7) is 10.8. The van der Waals surface area contributed by atoms with Crippen molar-refractivity contribution in [3.63, 3.8) is 0 Å². The molecule has 6 rings (SSSR count). The lowest BCUT2D eigenvalue weighted by Gasteiger charge is -2.45. The number of anilines is 1. The lowest BCUT2D eigenvalue weighted by molar-refractivity contribution is -0.127. The zero-order valence-corrected chi connectivity index (χ0v) is 25.8. The largest absolute Gasteiger partial charge is 0.507 e. The number of carbonyl (C=O) groups excluding carboxylic acids is 1. The Balaban J connectivity index is 1.81. The van der Waals surface area contributed by atoms with Crippen molar-refractivity contribution in [3.8, 4) is 22.7 Å². The molecule has 4 aromatic rings. The minimum Gasteiger partial charge on any atom is -0.507 e. The first kappa shape index (κ1) is 30.3. The Morgan fingerprint density at radius 2 is 1.91 bits per heavy atom. The smallest absolute Gasteiger partial charge is 0.355 e. The second-order valence-electron chi connectivity index (χ2n) is 11.6. The zero-order valence-electron chi connectivity index (χ0n) is 25.0. The van der Waals surface area contributed by atoms with E-state index in [1.165, 1.54) is 11.0 Å². The van der Waals surface area contributed by atoms with Gasteiger partial charge in [-0.2, -0.15) is 4.98 Å². The number of rotatable bonds is 4. The molecule has 2 atom stereocenters. The summed E-state index contributed by atoms with van der Waals surface area (Å²) in [7, 11) is -4.57. The van der Waals surface area contributed by atoms with E-state index in [-0.39, 0.29) is 41.5 Å². The van der Waals surface area contributed by atoms with Gasteiger partial charge in [-0.1, -0.05) is 26.5 Å². The number of pyridine rings is 2. The van der Waals surface area contributed by atoms with Crippen molar-refractivity contribution in [2.45, 2.75) is 50.6 Å². The van der Waals surface area contributed by atoms with E-state index in [2.05, 4.69) is 21.5 Å². The third-order valence-electron chi connectivity index (χ3n) is 8.29. The Morgan fingerprint density at radius 3 is 2.58 bits per heavy atom. The summed E-state index contributed by atoms with van der Waals surface area (Å²) < 4.78 is 61.5. The van der Waals surface area contributed by atoms with E-state index in [0.29, 0.717) is 11.3 Å². The van der Waals surface area contributed by atoms with Gasteiger partial charge in [0.2, 0.25) is 5.91 Å². The molecule has 2 aliphatic rings. The normalized spacial score (nSPS) is 19.0. The van der Waals surface area contributed by atoms with Gasteiger partial charge in [0.1, 0.15) is 28.0 Å². The van der Waals surface area contributed by atoms with Crippen LogP contribution in [0.15, 0.2) is 52.8 Å². The van der Waals surface area contributed by atoms with Crippen molar-refractivity contribution >= 4 is 32.6 Å². The van der Waals surface area contributed by atoms with Crippen LogP contribution in [0.25, 0.3) is 28.0 Å². The monoisotopic (exact) mass is 636 g/mol. The number of fused-ring (bicyclic) bond motifs is 2. The van der Waals surface area contributed by atoms with Crippen molar-refractivity contribution in [2.75, 3.05) is 23.7 Å². The number of hydrogen-bond acceptors (Lipinski definition) is 9. The molecule has 2 unspecified atom stereocenters. The van der Waals surface area contributed by atoms with Gasteiger partial charge in [-0.15, -0.1) is 0 Å². The zero-order chi connectivity index (χ0) is 32.5. The van der Waals surface area contributed by atoms with E-state index in [1.54, 1.807) is 31.0 Å². The molecule has 14 heteroatoms. The molecule has 1 saturated heterocycles. The maximum absolute atomic E-state index is 16.8. The molecule has 3 aromatic heterocycles. The van der Waals surface area contributed by atoms with Crippen molar-refractivity contribution in [2.24, 2.45) is 0 Å². The predicted octanol–water partition coefficient (Wildman–Crippen LogP) is 3.64. The minimum absolute atomic E-state index is 0.0656. The third-order valence-corrected chi connectivity index (χ3v) is 10.1. The predicted molar refractivity (Wildman–Crippen MR) is 163 cm³/mol. The number of piperazine rings is 1. The van der Waals surface area contributed by atoms with E-state index in [4.69, 9.17) is 0 Å². The van der Waals surface area contributed by atoms with Crippen LogP contribution >= 0.6 is 0 Å². The van der Waals surface area contributed by atoms with Gasteiger partial charge >= 0.3 is 5.69 Å². The minimum atomic E-state index is -4.57. The molecule has 234 valence electrons. The van der Waals surface area contributed by atoms with Crippen LogP contribution in [0.5, 0.6) is 5.75 Å². The molecular weight excluding hydrogens is 606 g/mol. The first-order valence-electron chi connectivity index (χ1n) is 14.3. The average molecular weight is 637 g/mol. The molecule has 5 heterocycles. The summed E-state index contributed by atoms with van der Waals surface area (Å²) in [5.41, 5.74) is -1.27. The average Bonchev–Trinajstić information content (AvgIpc) is 3.06. The number of phenols is 1. The third kappa shape index (κ3) is 4.66. The number of benzene rings is 1. The van der Waals surface area contributed by atoms with Crippen LogP contribution in [0.3, 0.4) is 0 Å². The number of amides is 1. The number of hydrogen-bond donors (Lipinski definition) is 1. The molecule has 0 spiro atoms. The number of aryl methyl sites for hydroxylation is 1. The van der Waals surface area contributed by atoms with E-state index >= 15 is 8.78 Å². The fourth-order valence-electron chi connectivity index (χ4n) is 6.40. The second kappa shape index (κ2) is 10.7. The van der Waals surface area contributed by atoms with Crippen LogP contribution in [0.4, 0.5) is 14.6 Å². The van der Waals surface area contributed by atoms with Crippen LogP contribution in [0.2, 0.25) is 0 Å². The number of sulfone groups is 1. The van der Waals surface area contributed by atoms with E-state index in [9.17, 15) is 23.1 Å². The summed E-state index contributed by atoms with van der Waals surface area (Å²) in [6, 6.07) is 3.50. The van der Waals surface area contributed by atoms with Crippen LogP contribution in [-0.4, -0.2) is 74.8 Å². The molecule has 45 heavy (non-hydrogen) atoms. The summed E-state index contributed by atoms with van der Waals surface area (Å²) >= 11 is 0. The van der Waals surface area contributed by atoms with E-state index in [0.717, 1.165) is 22.8 Å². The summed E-state index contributed by atoms with van der Waals surface area (Å²) in [5.74, 6) is -4.50. The van der Waals surface area contributed by atoms with Gasteiger partial charge in [-0.3, -0.25) is 9.78 Å². The Labute approximate surface area is 257 Å². The highest BCUT2D eigenvalue weighted by molar-refractivity contribution is 7.91. The van der Waals surface area contributed by atoms with E-state index < -0.39 is 72.8 Å². The van der Waals surface area contributed by atoms with Gasteiger partial charge in [0.05, 0.1) is 34.1 Å². The SMILES string of the molecule is C=CC(=O)N1CC(C)N2c3nc(=O)n(-c4c(C)ccnc4C(C)C)c4nc(-c5c(O)cccc5F)c(F)c(c34)S(=O)(=O)CC2C1. The summed E-state index contributed by atoms with van der Waals surface area (Å²) in [4.78, 5) is 42.2. The molecule has 1 amide bonds. The van der Waals surface area contributed by atoms with Gasteiger partial charge in [-0.05, 0) is 49.6 Å². The molecule has 11 nitrogen and oxygen atoms in total. The van der Waals surface area contributed by atoms with Crippen molar-refractivity contribution in [3.05, 3.63) is 76.5 Å². The first-order valence-corrected chi connectivity index (χ1v) is 15.9. The molecule has 0 radical (unpaired) electrons. The number of aromatic nitrogens is 4. The summed E-state index contributed by atoms with van der Waals surface area (Å²) in [5, 5.41) is 10.4. The fourth-order valence-corrected chi connectivity index (χ4v) is 8.20. The van der Waals surface area contributed by atoms with Gasteiger partial charge in [0.15, 0.2) is 21.3 Å². The van der Waals surface area contributed by atoms with Gasteiger partial charge in [0, 0.05) is 25.3 Å². The van der Waals surface area contributed by atoms with Crippen LogP contribution in [-0.2, 0) is 14.6 Å². The molecular formula is C31H30F2N6O5S. The maximum atomic E-state index is 16.8. The number of nitrogens with zero attached hydrogens (tertiary/aromatic N) is 6. The van der Waals surface area contributed by atoms with Crippen LogP contribution < -0.4 is 10.6 Å². The topological polar surface area (TPSA) is 139 Å². The molecule has 1 fully saturated rings. The highest BCUT2D eigenvalue weighted by atomic mass is 32.2. The lowest BCUT2D eigenvalue weighted by atomic mass is 10.0. The number of halogens is 2. The van der Waals surface area contributed by atoms with Crippen molar-refractivity contribution < 1.29 is 27.1 Å². The highest BCUT2D eigenvalue weighted by Gasteiger charge is 2.45. The standard InChI is InChI=1S/C31H30F2N6O5S/c1-6-21(41)37-12-17(5)38-18(13-37)14-45(43,44)28-23-29(35-26(24(28)33)22-19(32)8-7-9-20(22)40)39(31(42)36-30(23)38)27-16(4)10-11-34-25(27)15(2)3/h6-11,15,17-18,40H,1,12-14H2,2-5H3. The second-order valence-corrected chi connectivity index (χ2v) is 13.6. The Hall–Kier alpha value is -4.72. The van der Waals surface area contributed by atoms with Crippen LogP contribution in [0, 0.1) is 18.6 Å². The van der Waals surface area contributed by atoms with Crippen LogP contribution in [0.1, 0.15) is 37.9 Å². The van der Waals surface area contributed by atoms with Gasteiger partial charge in [0.25, 0.3) is 0 Å². The Bertz CT molecular complexity index is 2080. The molecule has 0 aliphatic carbocycles. The first-order chi connectivity index (χ1) is 21.3. The molecule has 0 bridgehead atoms. The fraction of sp³-hybridized carbons (Fsp3) is 0.323. The number of aromatic hydroxyl groups is 1. The lowest BCUT2D eigenvalue weighted by Crippen LogP contribution is -2.61. The Morgan fingerprint density at radius 1 is 1.18 bits per heavy atom. The quantitative estimate of drug-likeness (QED) is 0.333. The number of phenolic OH excluding ortho intramolecular Hbond substituents is 1. The summed E-state index contributed by atoms with van der Waals surface area (Å²) in [6.07, 6.45) is 2.69. The number of carbonyl (C=O) groups is 1. The van der Waals surface area contributed by atoms with Crippen molar-refractivity contribution in [1.82, 2.24) is 24.4 Å². The molecule has 2 aliphatic heterocycles. The van der Waals surface area contributed by atoms with Gasteiger partial charge < -0.3 is 14.9 Å². The molecule has 1 aromatic carbocycles. The molecule has 1 N–H and O–H groups in total. The Kier molecular flexibility index (Phi) is 7.22. The van der Waals surface area contributed by atoms with Gasteiger partial charge in [-0.25, -0.2) is 31.5 Å². The molecule has 0 saturated carbocycles. The van der Waals surface area contributed by atoms with Crippen molar-refractivity contribution in [1.29, 1.82) is 0 Å².